The van der Waals surface area contributed by atoms with Crippen LogP contribution in [-0.2, 0) is 0 Å². The van der Waals surface area contributed by atoms with Gasteiger partial charge in [0.25, 0.3) is 0 Å². The largest absolute Gasteiger partial charge is 0.253 e. The molecule has 3 aromatic rings. The molecule has 0 spiro atoms. The van der Waals surface area contributed by atoms with E-state index in [-0.39, 0.29) is 0 Å². The minimum absolute atomic E-state index is 0.577. The lowest BCUT2D eigenvalue weighted by atomic mass is 10.2. The lowest BCUT2D eigenvalue weighted by Gasteiger charge is -2.03. The van der Waals surface area contributed by atoms with Crippen molar-refractivity contribution in [1.29, 1.82) is 0 Å². The van der Waals surface area contributed by atoms with Gasteiger partial charge in [-0.1, -0.05) is 54.6 Å². The summed E-state index contributed by atoms with van der Waals surface area (Å²) in [4.78, 5) is 5.41. The predicted octanol–water partition coefficient (Wildman–Crippen LogP) is 4.79. The fourth-order valence-electron chi connectivity index (χ4n) is 2.17. The Hall–Kier alpha value is -1.99. The molecule has 3 rings (SSSR count). The Morgan fingerprint density at radius 1 is 1.08 bits per heavy atom. The maximum Gasteiger partial charge on any atom is 0.206 e. The van der Waals surface area contributed by atoms with Gasteiger partial charge in [0, 0.05) is 20.1 Å². The Morgan fingerprint density at radius 3 is 2.58 bits per heavy atom. The molecular formula is C19H16IN3S. The molecule has 120 valence electrons. The van der Waals surface area contributed by atoms with Gasteiger partial charge in [-0.2, -0.15) is 5.10 Å². The Balaban J connectivity index is 2.09. The molecule has 1 heterocycles. The molecule has 0 radical (unpaired) electrons. The van der Waals surface area contributed by atoms with E-state index in [0.717, 1.165) is 21.6 Å². The zero-order valence-electron chi connectivity index (χ0n) is 13.0. The lowest BCUT2D eigenvalue weighted by molar-refractivity contribution is 0.840. The number of thiazole rings is 1. The van der Waals surface area contributed by atoms with Crippen LogP contribution in [0.2, 0.25) is 0 Å². The van der Waals surface area contributed by atoms with E-state index in [0.29, 0.717) is 6.54 Å². The third-order valence-electron chi connectivity index (χ3n) is 3.33. The summed E-state index contributed by atoms with van der Waals surface area (Å²) >= 11 is 3.90. The molecule has 0 fully saturated rings. The second-order valence-corrected chi connectivity index (χ2v) is 6.98. The standard InChI is InChI=1S/C19H16IN3S/c1-2-12-21-19-23(22-13-16-10-6-7-11-17(16)20)18(14-24-19)15-8-4-3-5-9-15/h2-11,13-14H,1,12H2. The van der Waals surface area contributed by atoms with Crippen LogP contribution in [0.25, 0.3) is 11.3 Å². The average molecular weight is 445 g/mol. The highest BCUT2D eigenvalue weighted by atomic mass is 127. The van der Waals surface area contributed by atoms with Crippen molar-refractivity contribution in [3.05, 3.63) is 86.6 Å². The monoisotopic (exact) mass is 445 g/mol. The van der Waals surface area contributed by atoms with Gasteiger partial charge in [-0.05, 0) is 28.7 Å². The van der Waals surface area contributed by atoms with Crippen LogP contribution in [0.3, 0.4) is 0 Å². The van der Waals surface area contributed by atoms with E-state index in [1.807, 2.05) is 41.2 Å². The fourth-order valence-corrected chi connectivity index (χ4v) is 3.54. The van der Waals surface area contributed by atoms with Crippen LogP contribution in [-0.4, -0.2) is 17.4 Å². The van der Waals surface area contributed by atoms with Crippen LogP contribution >= 0.6 is 33.9 Å². The smallest absolute Gasteiger partial charge is 0.206 e. The van der Waals surface area contributed by atoms with E-state index in [9.17, 15) is 0 Å². The molecule has 0 N–H and O–H groups in total. The summed E-state index contributed by atoms with van der Waals surface area (Å²) in [6.07, 6.45) is 3.67. The van der Waals surface area contributed by atoms with E-state index in [1.54, 1.807) is 17.4 Å². The van der Waals surface area contributed by atoms with Gasteiger partial charge in [-0.25, -0.2) is 4.68 Å². The van der Waals surface area contributed by atoms with Crippen molar-refractivity contribution in [1.82, 2.24) is 4.68 Å². The fraction of sp³-hybridized carbons (Fsp3) is 0.0526. The minimum Gasteiger partial charge on any atom is -0.253 e. The van der Waals surface area contributed by atoms with Crippen molar-refractivity contribution < 1.29 is 0 Å². The highest BCUT2D eigenvalue weighted by Gasteiger charge is 2.06. The van der Waals surface area contributed by atoms with Crippen molar-refractivity contribution in [3.63, 3.8) is 0 Å². The van der Waals surface area contributed by atoms with Gasteiger partial charge in [0.15, 0.2) is 0 Å². The quantitative estimate of drug-likeness (QED) is 0.307. The summed E-state index contributed by atoms with van der Waals surface area (Å²) in [5.41, 5.74) is 3.24. The van der Waals surface area contributed by atoms with Crippen molar-refractivity contribution >= 4 is 40.1 Å². The molecule has 0 aliphatic rings. The lowest BCUT2D eigenvalue weighted by Crippen LogP contribution is -2.12. The second kappa shape index (κ2) is 8.21. The van der Waals surface area contributed by atoms with Crippen LogP contribution in [0.15, 0.2) is 82.7 Å². The summed E-state index contributed by atoms with van der Waals surface area (Å²) < 4.78 is 3.06. The molecule has 0 aliphatic heterocycles. The van der Waals surface area contributed by atoms with Crippen molar-refractivity contribution in [2.75, 3.05) is 6.54 Å². The zero-order valence-corrected chi connectivity index (χ0v) is 15.9. The second-order valence-electron chi connectivity index (χ2n) is 4.98. The number of halogens is 1. The third kappa shape index (κ3) is 3.91. The van der Waals surface area contributed by atoms with Crippen molar-refractivity contribution in [3.8, 4) is 11.3 Å². The predicted molar refractivity (Wildman–Crippen MR) is 111 cm³/mol. The molecule has 0 amide bonds. The molecule has 2 aromatic carbocycles. The van der Waals surface area contributed by atoms with Crippen LogP contribution < -0.4 is 4.80 Å². The van der Waals surface area contributed by atoms with Gasteiger partial charge in [-0.3, -0.25) is 4.99 Å². The Morgan fingerprint density at radius 2 is 1.83 bits per heavy atom. The highest BCUT2D eigenvalue weighted by Crippen LogP contribution is 2.19. The van der Waals surface area contributed by atoms with E-state index < -0.39 is 0 Å². The Labute approximate surface area is 158 Å². The summed E-state index contributed by atoms with van der Waals surface area (Å²) in [5.74, 6) is 0. The first-order valence-corrected chi connectivity index (χ1v) is 9.41. The van der Waals surface area contributed by atoms with Gasteiger partial charge in [-0.15, -0.1) is 17.9 Å². The summed E-state index contributed by atoms with van der Waals surface area (Å²) in [6, 6.07) is 18.4. The number of hydrogen-bond donors (Lipinski definition) is 0. The molecular weight excluding hydrogens is 429 g/mol. The minimum atomic E-state index is 0.577. The molecule has 0 aliphatic carbocycles. The van der Waals surface area contributed by atoms with E-state index in [2.05, 4.69) is 63.8 Å². The molecule has 3 nitrogen and oxygen atoms in total. The molecule has 0 saturated heterocycles. The molecule has 0 unspecified atom stereocenters. The van der Waals surface area contributed by atoms with E-state index in [1.165, 1.54) is 3.57 Å². The Kier molecular flexibility index (Phi) is 5.77. The summed E-state index contributed by atoms with van der Waals surface area (Å²) in [7, 11) is 0. The molecule has 0 saturated carbocycles. The topological polar surface area (TPSA) is 29.6 Å². The van der Waals surface area contributed by atoms with Crippen molar-refractivity contribution in [2.24, 2.45) is 10.1 Å². The number of rotatable bonds is 5. The number of aromatic nitrogens is 1. The third-order valence-corrected chi connectivity index (χ3v) is 5.16. The van der Waals surface area contributed by atoms with Gasteiger partial charge in [0.05, 0.1) is 18.5 Å². The molecule has 5 heteroatoms. The SMILES string of the molecule is C=CCN=c1scc(-c2ccccc2)n1N=Cc1ccccc1I. The summed E-state index contributed by atoms with van der Waals surface area (Å²) in [6.45, 7) is 4.31. The van der Waals surface area contributed by atoms with Crippen molar-refractivity contribution in [2.45, 2.75) is 0 Å². The number of nitrogens with zero attached hydrogens (tertiary/aromatic N) is 3. The van der Waals surface area contributed by atoms with Crippen LogP contribution in [0.4, 0.5) is 0 Å². The summed E-state index contributed by atoms with van der Waals surface area (Å²) in [5, 5.41) is 6.78. The molecule has 1 aromatic heterocycles. The molecule has 0 bridgehead atoms. The van der Waals surface area contributed by atoms with Gasteiger partial charge in [0.1, 0.15) is 0 Å². The average Bonchev–Trinajstić information content (AvgIpc) is 3.03. The van der Waals surface area contributed by atoms with E-state index >= 15 is 0 Å². The maximum absolute atomic E-state index is 4.70. The normalized spacial score (nSPS) is 12.0. The first-order chi connectivity index (χ1) is 11.8. The number of benzene rings is 2. The first-order valence-electron chi connectivity index (χ1n) is 7.46. The molecule has 0 atom stereocenters. The maximum atomic E-state index is 4.70. The van der Waals surface area contributed by atoms with Gasteiger partial charge in [0.2, 0.25) is 4.80 Å². The highest BCUT2D eigenvalue weighted by molar-refractivity contribution is 14.1. The number of hydrogen-bond acceptors (Lipinski definition) is 3. The van der Waals surface area contributed by atoms with Gasteiger partial charge < -0.3 is 0 Å². The molecule has 24 heavy (non-hydrogen) atoms. The van der Waals surface area contributed by atoms with Crippen LogP contribution in [0.5, 0.6) is 0 Å². The van der Waals surface area contributed by atoms with Crippen LogP contribution in [0, 0.1) is 3.57 Å². The van der Waals surface area contributed by atoms with Crippen LogP contribution in [0.1, 0.15) is 5.56 Å². The van der Waals surface area contributed by atoms with E-state index in [4.69, 9.17) is 5.10 Å². The zero-order chi connectivity index (χ0) is 16.8. The Bertz CT molecular complexity index is 923. The first kappa shape index (κ1) is 16.9. The van der Waals surface area contributed by atoms with Gasteiger partial charge >= 0.3 is 0 Å².